The minimum atomic E-state index is -4.59. The molecule has 5 nitrogen and oxygen atoms in total. The Morgan fingerprint density at radius 2 is 2.04 bits per heavy atom. The molecule has 0 aliphatic heterocycles. The van der Waals surface area contributed by atoms with Crippen LogP contribution in [0.1, 0.15) is 21.7 Å². The Balaban J connectivity index is 2.30. The Hall–Kier alpha value is -2.61. The predicted molar refractivity (Wildman–Crippen MR) is 89.0 cm³/mol. The van der Waals surface area contributed by atoms with Crippen molar-refractivity contribution < 1.29 is 18.0 Å². The molecule has 1 heterocycles. The third-order valence-corrected chi connectivity index (χ3v) is 3.35. The Morgan fingerprint density at radius 1 is 1.32 bits per heavy atom. The van der Waals surface area contributed by atoms with Crippen LogP contribution < -0.4 is 10.6 Å². The van der Waals surface area contributed by atoms with Crippen LogP contribution in [-0.4, -0.2) is 22.4 Å². The predicted octanol–water partition coefficient (Wildman–Crippen LogP) is 4.12. The Bertz CT molecular complexity index is 808. The summed E-state index contributed by atoms with van der Waals surface area (Å²) in [4.78, 5) is 20.0. The molecule has 0 saturated carbocycles. The number of carbonyl (C=O) groups excluding carboxylic acids is 1. The number of nitrogens with zero attached hydrogens (tertiary/aromatic N) is 2. The van der Waals surface area contributed by atoms with Crippen molar-refractivity contribution >= 4 is 29.1 Å². The molecule has 2 N–H and O–H groups in total. The Kier molecular flexibility index (Phi) is 5.63. The van der Waals surface area contributed by atoms with E-state index in [1.54, 1.807) is 6.92 Å². The third kappa shape index (κ3) is 4.93. The molecule has 1 aromatic heterocycles. The van der Waals surface area contributed by atoms with Crippen LogP contribution in [0.5, 0.6) is 0 Å². The average molecular weight is 371 g/mol. The van der Waals surface area contributed by atoms with E-state index in [4.69, 9.17) is 11.6 Å². The van der Waals surface area contributed by atoms with Crippen LogP contribution in [0.3, 0.4) is 0 Å². The number of hydrogen-bond acceptors (Lipinski definition) is 4. The van der Waals surface area contributed by atoms with E-state index < -0.39 is 22.7 Å². The lowest BCUT2D eigenvalue weighted by molar-refractivity contribution is -0.137. The van der Waals surface area contributed by atoms with E-state index in [-0.39, 0.29) is 23.9 Å². The molecule has 2 aromatic rings. The van der Waals surface area contributed by atoms with Crippen LogP contribution in [-0.2, 0) is 6.18 Å². The maximum atomic E-state index is 12.9. The minimum Gasteiger partial charge on any atom is -0.347 e. The van der Waals surface area contributed by atoms with Gasteiger partial charge in [0.25, 0.3) is 5.91 Å². The number of halogens is 4. The van der Waals surface area contributed by atoms with Crippen LogP contribution >= 0.6 is 11.6 Å². The van der Waals surface area contributed by atoms with Gasteiger partial charge in [-0.05, 0) is 31.2 Å². The van der Waals surface area contributed by atoms with Gasteiger partial charge in [0.15, 0.2) is 0 Å². The molecule has 0 bridgehead atoms. The summed E-state index contributed by atoms with van der Waals surface area (Å²) < 4.78 is 38.7. The SMILES string of the molecule is C=CCNC(=O)c1cc(C)nc(Nc2ccc(Cl)c(C(F)(F)F)c2)n1. The van der Waals surface area contributed by atoms with Crippen LogP contribution in [0.15, 0.2) is 36.9 Å². The molecular weight excluding hydrogens is 357 g/mol. The number of benzene rings is 1. The van der Waals surface area contributed by atoms with Gasteiger partial charge in [0.05, 0.1) is 10.6 Å². The van der Waals surface area contributed by atoms with Gasteiger partial charge >= 0.3 is 6.18 Å². The number of alkyl halides is 3. The molecule has 2 rings (SSSR count). The van der Waals surface area contributed by atoms with Crippen LogP contribution in [0.2, 0.25) is 5.02 Å². The summed E-state index contributed by atoms with van der Waals surface area (Å²) in [6.45, 7) is 5.39. The summed E-state index contributed by atoms with van der Waals surface area (Å²) >= 11 is 5.58. The number of hydrogen-bond donors (Lipinski definition) is 2. The fourth-order valence-corrected chi connectivity index (χ4v) is 2.17. The number of aryl methyl sites for hydroxylation is 1. The van der Waals surface area contributed by atoms with Gasteiger partial charge in [-0.3, -0.25) is 4.79 Å². The van der Waals surface area contributed by atoms with Gasteiger partial charge in [-0.1, -0.05) is 17.7 Å². The first-order valence-corrected chi connectivity index (χ1v) is 7.47. The van der Waals surface area contributed by atoms with Crippen molar-refractivity contribution in [3.8, 4) is 0 Å². The largest absolute Gasteiger partial charge is 0.417 e. The Labute approximate surface area is 146 Å². The van der Waals surface area contributed by atoms with Crippen LogP contribution in [0.4, 0.5) is 24.8 Å². The normalized spacial score (nSPS) is 11.1. The lowest BCUT2D eigenvalue weighted by Crippen LogP contribution is -2.24. The first-order chi connectivity index (χ1) is 11.7. The molecule has 0 saturated heterocycles. The number of rotatable bonds is 5. The fourth-order valence-electron chi connectivity index (χ4n) is 1.95. The quantitative estimate of drug-likeness (QED) is 0.777. The molecule has 0 aliphatic carbocycles. The van der Waals surface area contributed by atoms with E-state index in [9.17, 15) is 18.0 Å². The molecule has 0 radical (unpaired) electrons. The van der Waals surface area contributed by atoms with Crippen molar-refractivity contribution in [1.29, 1.82) is 0 Å². The minimum absolute atomic E-state index is 0.000741. The topological polar surface area (TPSA) is 66.9 Å². The van der Waals surface area contributed by atoms with E-state index in [1.165, 1.54) is 18.2 Å². The second-order valence-electron chi connectivity index (χ2n) is 5.03. The van der Waals surface area contributed by atoms with Crippen molar-refractivity contribution in [2.24, 2.45) is 0 Å². The van der Waals surface area contributed by atoms with Gasteiger partial charge in [0.1, 0.15) is 5.69 Å². The first kappa shape index (κ1) is 18.7. The van der Waals surface area contributed by atoms with Gasteiger partial charge in [-0.15, -0.1) is 6.58 Å². The van der Waals surface area contributed by atoms with Crippen molar-refractivity contribution in [3.63, 3.8) is 0 Å². The van der Waals surface area contributed by atoms with Gasteiger partial charge in [-0.25, -0.2) is 9.97 Å². The molecule has 25 heavy (non-hydrogen) atoms. The molecule has 0 spiro atoms. The second-order valence-corrected chi connectivity index (χ2v) is 5.44. The summed E-state index contributed by atoms with van der Waals surface area (Å²) in [5.41, 5.74) is -0.316. The molecule has 9 heteroatoms. The first-order valence-electron chi connectivity index (χ1n) is 7.09. The number of aromatic nitrogens is 2. The maximum Gasteiger partial charge on any atom is 0.417 e. The van der Waals surface area contributed by atoms with E-state index in [0.29, 0.717) is 5.69 Å². The van der Waals surface area contributed by atoms with Crippen LogP contribution in [0.25, 0.3) is 0 Å². The molecule has 1 amide bonds. The molecular formula is C16H14ClF3N4O. The van der Waals surface area contributed by atoms with Gasteiger partial charge in [0, 0.05) is 17.9 Å². The number of nitrogens with one attached hydrogen (secondary N) is 2. The highest BCUT2D eigenvalue weighted by molar-refractivity contribution is 6.31. The lowest BCUT2D eigenvalue weighted by atomic mass is 10.2. The van der Waals surface area contributed by atoms with Gasteiger partial charge in [-0.2, -0.15) is 13.2 Å². The second kappa shape index (κ2) is 7.52. The molecule has 0 fully saturated rings. The highest BCUT2D eigenvalue weighted by Gasteiger charge is 2.33. The standard InChI is InChI=1S/C16H14ClF3N4O/c1-3-6-21-14(25)13-7-9(2)22-15(24-13)23-10-4-5-12(17)11(8-10)16(18,19)20/h3-5,7-8H,1,6H2,2H3,(H,21,25)(H,22,23,24). The van der Waals surface area contributed by atoms with E-state index in [0.717, 1.165) is 12.1 Å². The van der Waals surface area contributed by atoms with Crippen molar-refractivity contribution in [2.75, 3.05) is 11.9 Å². The van der Waals surface area contributed by atoms with E-state index in [2.05, 4.69) is 27.2 Å². The number of amides is 1. The summed E-state index contributed by atoms with van der Waals surface area (Å²) in [6.07, 6.45) is -3.07. The maximum absolute atomic E-state index is 12.9. The highest BCUT2D eigenvalue weighted by atomic mass is 35.5. The zero-order chi connectivity index (χ0) is 18.6. The number of anilines is 2. The summed E-state index contributed by atoms with van der Waals surface area (Å²) in [6, 6.07) is 4.80. The smallest absolute Gasteiger partial charge is 0.347 e. The molecule has 0 aliphatic rings. The van der Waals surface area contributed by atoms with E-state index >= 15 is 0 Å². The zero-order valence-corrected chi connectivity index (χ0v) is 13.9. The molecule has 0 atom stereocenters. The average Bonchev–Trinajstić information content (AvgIpc) is 2.52. The Morgan fingerprint density at radius 3 is 2.68 bits per heavy atom. The monoisotopic (exact) mass is 370 g/mol. The fraction of sp³-hybridized carbons (Fsp3) is 0.188. The van der Waals surface area contributed by atoms with E-state index in [1.807, 2.05) is 0 Å². The summed E-state index contributed by atoms with van der Waals surface area (Å²) in [7, 11) is 0. The highest BCUT2D eigenvalue weighted by Crippen LogP contribution is 2.36. The van der Waals surface area contributed by atoms with Crippen molar-refractivity contribution in [1.82, 2.24) is 15.3 Å². The van der Waals surface area contributed by atoms with Crippen LogP contribution in [0, 0.1) is 6.92 Å². The van der Waals surface area contributed by atoms with Crippen molar-refractivity contribution in [2.45, 2.75) is 13.1 Å². The molecule has 0 unspecified atom stereocenters. The van der Waals surface area contributed by atoms with Gasteiger partial charge < -0.3 is 10.6 Å². The molecule has 132 valence electrons. The van der Waals surface area contributed by atoms with Crippen molar-refractivity contribution in [3.05, 3.63) is 58.9 Å². The molecule has 1 aromatic carbocycles. The third-order valence-electron chi connectivity index (χ3n) is 3.02. The van der Waals surface area contributed by atoms with Gasteiger partial charge in [0.2, 0.25) is 5.95 Å². The summed E-state index contributed by atoms with van der Waals surface area (Å²) in [5, 5.41) is 4.81. The number of carbonyl (C=O) groups is 1. The zero-order valence-electron chi connectivity index (χ0n) is 13.1. The summed E-state index contributed by atoms with van der Waals surface area (Å²) in [5.74, 6) is -0.445. The lowest BCUT2D eigenvalue weighted by Gasteiger charge is -2.12.